The number of hydrogen-bond donors (Lipinski definition) is 1. The molecule has 0 saturated heterocycles. The highest BCUT2D eigenvalue weighted by atomic mass is 127. The standard InChI is InChI=1S/C10H9F2IO2/c11-10(12)8-5-7(13)3-1-6(8)2-4-9(14)15/h1,3,5,10H,2,4H2,(H,14,15). The van der Waals surface area contributed by atoms with Crippen molar-refractivity contribution in [1.82, 2.24) is 0 Å². The van der Waals surface area contributed by atoms with Crippen LogP contribution in [0.15, 0.2) is 18.2 Å². The van der Waals surface area contributed by atoms with Crippen molar-refractivity contribution < 1.29 is 18.7 Å². The summed E-state index contributed by atoms with van der Waals surface area (Å²) in [6.45, 7) is 0. The van der Waals surface area contributed by atoms with E-state index >= 15 is 0 Å². The number of aryl methyl sites for hydroxylation is 1. The molecule has 0 heterocycles. The van der Waals surface area contributed by atoms with Crippen molar-refractivity contribution >= 4 is 28.6 Å². The van der Waals surface area contributed by atoms with Crippen LogP contribution >= 0.6 is 22.6 Å². The number of carbonyl (C=O) groups is 1. The van der Waals surface area contributed by atoms with Gasteiger partial charge in [0.15, 0.2) is 0 Å². The molecule has 5 heteroatoms. The van der Waals surface area contributed by atoms with Crippen LogP contribution in [0.4, 0.5) is 8.78 Å². The molecule has 2 nitrogen and oxygen atoms in total. The van der Waals surface area contributed by atoms with E-state index in [9.17, 15) is 13.6 Å². The maximum atomic E-state index is 12.6. The van der Waals surface area contributed by atoms with E-state index in [1.54, 1.807) is 12.1 Å². The third-order valence-corrected chi connectivity index (χ3v) is 2.62. The quantitative estimate of drug-likeness (QED) is 0.863. The van der Waals surface area contributed by atoms with Gasteiger partial charge >= 0.3 is 5.97 Å². The Balaban J connectivity index is 2.90. The van der Waals surface area contributed by atoms with E-state index < -0.39 is 12.4 Å². The van der Waals surface area contributed by atoms with Crippen LogP contribution in [0, 0.1) is 3.57 Å². The van der Waals surface area contributed by atoms with Gasteiger partial charge in [-0.05, 0) is 46.7 Å². The van der Waals surface area contributed by atoms with E-state index in [1.165, 1.54) is 6.07 Å². The van der Waals surface area contributed by atoms with Gasteiger partial charge < -0.3 is 5.11 Å². The number of benzene rings is 1. The fourth-order valence-electron chi connectivity index (χ4n) is 1.24. The fraction of sp³-hybridized carbons (Fsp3) is 0.300. The number of carboxylic acid groups (broad SMARTS) is 1. The molecule has 0 amide bonds. The summed E-state index contributed by atoms with van der Waals surface area (Å²) in [7, 11) is 0. The van der Waals surface area contributed by atoms with Crippen molar-refractivity contribution in [1.29, 1.82) is 0 Å². The molecule has 0 atom stereocenters. The van der Waals surface area contributed by atoms with Crippen LogP contribution in [0.3, 0.4) is 0 Å². The monoisotopic (exact) mass is 326 g/mol. The van der Waals surface area contributed by atoms with E-state index in [2.05, 4.69) is 0 Å². The minimum atomic E-state index is -2.55. The molecule has 1 N–H and O–H groups in total. The van der Waals surface area contributed by atoms with Crippen molar-refractivity contribution in [2.75, 3.05) is 0 Å². The second kappa shape index (κ2) is 5.39. The molecule has 0 aliphatic carbocycles. The Morgan fingerprint density at radius 2 is 2.13 bits per heavy atom. The SMILES string of the molecule is O=C(O)CCc1ccc(I)cc1C(F)F. The van der Waals surface area contributed by atoms with Crippen LogP contribution in [0.5, 0.6) is 0 Å². The molecule has 0 unspecified atom stereocenters. The summed E-state index contributed by atoms with van der Waals surface area (Å²) >= 11 is 1.95. The van der Waals surface area contributed by atoms with Gasteiger partial charge in [-0.2, -0.15) is 0 Å². The van der Waals surface area contributed by atoms with E-state index in [0.717, 1.165) is 3.57 Å². The van der Waals surface area contributed by atoms with Crippen molar-refractivity contribution in [2.45, 2.75) is 19.3 Å². The zero-order chi connectivity index (χ0) is 11.4. The minimum Gasteiger partial charge on any atom is -0.481 e. The van der Waals surface area contributed by atoms with Gasteiger partial charge in [0.25, 0.3) is 6.43 Å². The number of carboxylic acids is 1. The van der Waals surface area contributed by atoms with Crippen LogP contribution in [0.25, 0.3) is 0 Å². The molecular weight excluding hydrogens is 317 g/mol. The van der Waals surface area contributed by atoms with Crippen molar-refractivity contribution in [3.05, 3.63) is 32.9 Å². The molecular formula is C10H9F2IO2. The molecule has 82 valence electrons. The number of hydrogen-bond acceptors (Lipinski definition) is 1. The number of aliphatic carboxylic acids is 1. The summed E-state index contributed by atoms with van der Waals surface area (Å²) in [5, 5.41) is 8.47. The van der Waals surface area contributed by atoms with Gasteiger partial charge in [0, 0.05) is 15.6 Å². The molecule has 0 aromatic heterocycles. The minimum absolute atomic E-state index is 0.0665. The summed E-state index contributed by atoms with van der Waals surface area (Å²) in [5.41, 5.74) is 0.343. The van der Waals surface area contributed by atoms with Crippen LogP contribution in [-0.2, 0) is 11.2 Å². The second-order valence-electron chi connectivity index (χ2n) is 3.04. The number of halogens is 3. The summed E-state index contributed by atoms with van der Waals surface area (Å²) < 4.78 is 25.9. The van der Waals surface area contributed by atoms with Crippen LogP contribution in [0.1, 0.15) is 24.0 Å². The lowest BCUT2D eigenvalue weighted by atomic mass is 10.0. The van der Waals surface area contributed by atoms with Crippen molar-refractivity contribution in [2.24, 2.45) is 0 Å². The molecule has 0 aliphatic heterocycles. The maximum absolute atomic E-state index is 12.6. The number of rotatable bonds is 4. The molecule has 0 saturated carbocycles. The Bertz CT molecular complexity index is 366. The summed E-state index contributed by atoms with van der Waals surface area (Å²) in [4.78, 5) is 10.3. The number of alkyl halides is 2. The van der Waals surface area contributed by atoms with Gasteiger partial charge in [-0.15, -0.1) is 0 Å². The van der Waals surface area contributed by atoms with Crippen LogP contribution in [0.2, 0.25) is 0 Å². The highest BCUT2D eigenvalue weighted by Gasteiger charge is 2.13. The van der Waals surface area contributed by atoms with Crippen LogP contribution in [-0.4, -0.2) is 11.1 Å². The first-order chi connectivity index (χ1) is 7.00. The predicted octanol–water partition coefficient (Wildman–Crippen LogP) is 3.25. The molecule has 1 aromatic rings. The summed E-state index contributed by atoms with van der Waals surface area (Å²) in [5.74, 6) is -0.978. The Hall–Kier alpha value is -0.720. The Labute approximate surface area is 99.4 Å². The van der Waals surface area contributed by atoms with Gasteiger partial charge in [0.05, 0.1) is 0 Å². The van der Waals surface area contributed by atoms with E-state index in [0.29, 0.717) is 5.56 Å². The van der Waals surface area contributed by atoms with Gasteiger partial charge in [-0.1, -0.05) is 6.07 Å². The summed E-state index contributed by atoms with van der Waals surface area (Å²) in [6, 6.07) is 4.65. The zero-order valence-corrected chi connectivity index (χ0v) is 9.87. The lowest BCUT2D eigenvalue weighted by molar-refractivity contribution is -0.136. The Morgan fingerprint density at radius 1 is 1.47 bits per heavy atom. The van der Waals surface area contributed by atoms with E-state index in [1.807, 2.05) is 22.6 Å². The van der Waals surface area contributed by atoms with Crippen molar-refractivity contribution in [3.63, 3.8) is 0 Å². The third kappa shape index (κ3) is 3.73. The fourth-order valence-corrected chi connectivity index (χ4v) is 1.75. The van der Waals surface area contributed by atoms with E-state index in [4.69, 9.17) is 5.11 Å². The average Bonchev–Trinajstić information content (AvgIpc) is 2.15. The first-order valence-corrected chi connectivity index (χ1v) is 5.37. The zero-order valence-electron chi connectivity index (χ0n) is 7.71. The molecule has 1 aromatic carbocycles. The molecule has 0 radical (unpaired) electrons. The smallest absolute Gasteiger partial charge is 0.303 e. The molecule has 0 fully saturated rings. The molecule has 1 rings (SSSR count). The maximum Gasteiger partial charge on any atom is 0.303 e. The van der Waals surface area contributed by atoms with E-state index in [-0.39, 0.29) is 18.4 Å². The lowest BCUT2D eigenvalue weighted by Crippen LogP contribution is -2.01. The topological polar surface area (TPSA) is 37.3 Å². The molecule has 15 heavy (non-hydrogen) atoms. The first-order valence-electron chi connectivity index (χ1n) is 4.29. The van der Waals surface area contributed by atoms with Gasteiger partial charge in [0.2, 0.25) is 0 Å². The van der Waals surface area contributed by atoms with Gasteiger partial charge in [-0.3, -0.25) is 4.79 Å². The molecule has 0 bridgehead atoms. The highest BCUT2D eigenvalue weighted by Crippen LogP contribution is 2.25. The third-order valence-electron chi connectivity index (χ3n) is 1.95. The first kappa shape index (κ1) is 12.4. The molecule has 0 spiro atoms. The van der Waals surface area contributed by atoms with Gasteiger partial charge in [-0.25, -0.2) is 8.78 Å². The predicted molar refractivity (Wildman–Crippen MR) is 60.1 cm³/mol. The Kier molecular flexibility index (Phi) is 4.44. The largest absolute Gasteiger partial charge is 0.481 e. The normalized spacial score (nSPS) is 10.7. The average molecular weight is 326 g/mol. The molecule has 0 aliphatic rings. The second-order valence-corrected chi connectivity index (χ2v) is 4.28. The van der Waals surface area contributed by atoms with Crippen molar-refractivity contribution in [3.8, 4) is 0 Å². The Morgan fingerprint density at radius 3 is 2.67 bits per heavy atom. The lowest BCUT2D eigenvalue weighted by Gasteiger charge is -2.08. The summed E-state index contributed by atoms with van der Waals surface area (Å²) in [6.07, 6.45) is -2.53. The highest BCUT2D eigenvalue weighted by molar-refractivity contribution is 14.1. The van der Waals surface area contributed by atoms with Crippen LogP contribution < -0.4 is 0 Å². The van der Waals surface area contributed by atoms with Gasteiger partial charge in [0.1, 0.15) is 0 Å².